The second kappa shape index (κ2) is 9.96. The average Bonchev–Trinajstić information content (AvgIpc) is 3.10. The van der Waals surface area contributed by atoms with Crippen molar-refractivity contribution < 1.29 is 19.1 Å². The van der Waals surface area contributed by atoms with E-state index in [0.717, 1.165) is 5.56 Å². The summed E-state index contributed by atoms with van der Waals surface area (Å²) in [6.07, 6.45) is 0.381. The van der Waals surface area contributed by atoms with Crippen molar-refractivity contribution in [2.24, 2.45) is 0 Å². The van der Waals surface area contributed by atoms with Crippen LogP contribution in [0.3, 0.4) is 0 Å². The molecule has 0 aromatic heterocycles. The third-order valence-electron chi connectivity index (χ3n) is 4.63. The topological polar surface area (TPSA) is 99.5 Å². The Bertz CT molecular complexity index is 1060. The first-order chi connectivity index (χ1) is 15.0. The zero-order valence-electron chi connectivity index (χ0n) is 17.1. The van der Waals surface area contributed by atoms with E-state index in [0.29, 0.717) is 29.3 Å². The fourth-order valence-corrected chi connectivity index (χ4v) is 4.44. The standard InChI is InChI=1S/C23H21N3O4S/c1-3-30-23(29)16-11-9-15(10-12-16)13-19-21(28)26(17-7-5-4-6-8-17)22(31-19)18(14-24)20(27)25-2/h4-12,19H,3,13H2,1-2H3,(H,25,27)/b22-18+. The largest absolute Gasteiger partial charge is 0.462 e. The SMILES string of the molecule is CCOC(=O)c1ccc(CC2S/C(=C(\C#N)C(=O)NC)N(c3ccccc3)C2=O)cc1. The minimum absolute atomic E-state index is 0.107. The highest BCUT2D eigenvalue weighted by Gasteiger charge is 2.40. The van der Waals surface area contributed by atoms with Crippen molar-refractivity contribution in [3.05, 3.63) is 76.3 Å². The van der Waals surface area contributed by atoms with Crippen LogP contribution in [0.5, 0.6) is 0 Å². The summed E-state index contributed by atoms with van der Waals surface area (Å²) >= 11 is 1.19. The molecule has 31 heavy (non-hydrogen) atoms. The zero-order chi connectivity index (χ0) is 22.4. The smallest absolute Gasteiger partial charge is 0.338 e. The van der Waals surface area contributed by atoms with E-state index in [-0.39, 0.29) is 11.5 Å². The lowest BCUT2D eigenvalue weighted by molar-refractivity contribution is -0.117. The van der Waals surface area contributed by atoms with E-state index in [9.17, 15) is 19.6 Å². The maximum absolute atomic E-state index is 13.3. The third-order valence-corrected chi connectivity index (χ3v) is 5.90. The van der Waals surface area contributed by atoms with Gasteiger partial charge in [-0.1, -0.05) is 42.1 Å². The molecular formula is C23H21N3O4S. The van der Waals surface area contributed by atoms with Crippen molar-refractivity contribution in [2.45, 2.75) is 18.6 Å². The lowest BCUT2D eigenvalue weighted by Gasteiger charge is -2.18. The molecule has 0 bridgehead atoms. The molecule has 7 nitrogen and oxygen atoms in total. The number of thioether (sulfide) groups is 1. The molecule has 0 saturated carbocycles. The molecule has 1 heterocycles. The number of hydrogen-bond donors (Lipinski definition) is 1. The number of anilines is 1. The lowest BCUT2D eigenvalue weighted by atomic mass is 10.1. The van der Waals surface area contributed by atoms with Crippen LogP contribution in [0.15, 0.2) is 65.2 Å². The maximum atomic E-state index is 13.3. The summed E-state index contributed by atoms with van der Waals surface area (Å²) in [4.78, 5) is 38.8. The Morgan fingerprint density at radius 3 is 2.42 bits per heavy atom. The number of para-hydroxylation sites is 1. The van der Waals surface area contributed by atoms with Gasteiger partial charge in [-0.15, -0.1) is 0 Å². The number of carbonyl (C=O) groups excluding carboxylic acids is 3. The highest BCUT2D eigenvalue weighted by Crippen LogP contribution is 2.41. The van der Waals surface area contributed by atoms with Crippen LogP contribution in [0, 0.1) is 11.3 Å². The number of carbonyl (C=O) groups is 3. The summed E-state index contributed by atoms with van der Waals surface area (Å²) in [7, 11) is 1.44. The van der Waals surface area contributed by atoms with Gasteiger partial charge >= 0.3 is 5.97 Å². The highest BCUT2D eigenvalue weighted by molar-refractivity contribution is 8.05. The molecule has 1 atom stereocenters. The molecule has 0 spiro atoms. The molecule has 0 radical (unpaired) electrons. The molecule has 1 unspecified atom stereocenters. The Hall–Kier alpha value is -3.57. The molecule has 3 rings (SSSR count). The lowest BCUT2D eigenvalue weighted by Crippen LogP contribution is -2.31. The van der Waals surface area contributed by atoms with Crippen LogP contribution in [0.25, 0.3) is 0 Å². The Labute approximate surface area is 184 Å². The molecule has 1 aliphatic rings. The molecule has 2 aromatic carbocycles. The number of likely N-dealkylation sites (N-methyl/N-ethyl adjacent to an activating group) is 1. The van der Waals surface area contributed by atoms with Crippen molar-refractivity contribution in [1.29, 1.82) is 5.26 Å². The Balaban J connectivity index is 1.92. The molecular weight excluding hydrogens is 414 g/mol. The molecule has 1 N–H and O–H groups in total. The summed E-state index contributed by atoms with van der Waals surface area (Å²) in [5, 5.41) is 11.8. The van der Waals surface area contributed by atoms with Gasteiger partial charge < -0.3 is 10.1 Å². The fraction of sp³-hybridized carbons (Fsp3) is 0.217. The summed E-state index contributed by atoms with van der Waals surface area (Å²) in [5.41, 5.74) is 1.78. The number of hydrogen-bond acceptors (Lipinski definition) is 6. The number of esters is 1. The van der Waals surface area contributed by atoms with Gasteiger partial charge in [0.05, 0.1) is 17.4 Å². The van der Waals surface area contributed by atoms with Crippen molar-refractivity contribution in [1.82, 2.24) is 5.32 Å². The van der Waals surface area contributed by atoms with E-state index in [1.165, 1.54) is 23.7 Å². The van der Waals surface area contributed by atoms with Crippen LogP contribution in [0.1, 0.15) is 22.8 Å². The van der Waals surface area contributed by atoms with Crippen molar-refractivity contribution >= 4 is 35.2 Å². The van der Waals surface area contributed by atoms with E-state index < -0.39 is 17.1 Å². The van der Waals surface area contributed by atoms with Crippen LogP contribution >= 0.6 is 11.8 Å². The molecule has 1 fully saturated rings. The summed E-state index contributed by atoms with van der Waals surface area (Å²) in [6.45, 7) is 2.04. The molecule has 1 saturated heterocycles. The highest BCUT2D eigenvalue weighted by atomic mass is 32.2. The molecule has 2 aromatic rings. The third kappa shape index (κ3) is 4.78. The molecule has 1 aliphatic heterocycles. The zero-order valence-corrected chi connectivity index (χ0v) is 17.9. The quantitative estimate of drug-likeness (QED) is 0.425. The number of nitriles is 1. The summed E-state index contributed by atoms with van der Waals surface area (Å²) in [6, 6.07) is 17.7. The van der Waals surface area contributed by atoms with Gasteiger partial charge in [-0.3, -0.25) is 14.5 Å². The van der Waals surface area contributed by atoms with Crippen LogP contribution in [0.2, 0.25) is 0 Å². The summed E-state index contributed by atoms with van der Waals surface area (Å²) < 4.78 is 4.99. The van der Waals surface area contributed by atoms with E-state index in [1.54, 1.807) is 55.5 Å². The summed E-state index contributed by atoms with van der Waals surface area (Å²) in [5.74, 6) is -1.15. The van der Waals surface area contributed by atoms with Crippen LogP contribution in [-0.2, 0) is 20.7 Å². The number of nitrogens with zero attached hydrogens (tertiary/aromatic N) is 2. The van der Waals surface area contributed by atoms with Gasteiger partial charge in [0, 0.05) is 12.7 Å². The first-order valence-corrected chi connectivity index (χ1v) is 10.6. The molecule has 0 aliphatic carbocycles. The minimum Gasteiger partial charge on any atom is -0.462 e. The predicted octanol–water partition coefficient (Wildman–Crippen LogP) is 3.04. The number of nitrogens with one attached hydrogen (secondary N) is 1. The van der Waals surface area contributed by atoms with Crippen LogP contribution in [-0.4, -0.2) is 36.7 Å². The van der Waals surface area contributed by atoms with Gasteiger partial charge in [-0.05, 0) is 43.2 Å². The number of benzene rings is 2. The van der Waals surface area contributed by atoms with Gasteiger partial charge in [0.15, 0.2) is 0 Å². The van der Waals surface area contributed by atoms with Gasteiger partial charge in [0.25, 0.3) is 5.91 Å². The van der Waals surface area contributed by atoms with Gasteiger partial charge in [-0.2, -0.15) is 5.26 Å². The second-order valence-electron chi connectivity index (χ2n) is 6.61. The first kappa shape index (κ1) is 22.1. The predicted molar refractivity (Wildman–Crippen MR) is 118 cm³/mol. The van der Waals surface area contributed by atoms with Crippen LogP contribution in [0.4, 0.5) is 5.69 Å². The Morgan fingerprint density at radius 1 is 1.16 bits per heavy atom. The van der Waals surface area contributed by atoms with E-state index in [2.05, 4.69) is 5.32 Å². The monoisotopic (exact) mass is 435 g/mol. The normalized spacial score (nSPS) is 17.1. The van der Waals surface area contributed by atoms with Gasteiger partial charge in [0.1, 0.15) is 16.7 Å². The Morgan fingerprint density at radius 2 is 1.84 bits per heavy atom. The number of rotatable bonds is 6. The minimum atomic E-state index is -0.543. The fourth-order valence-electron chi connectivity index (χ4n) is 3.13. The first-order valence-electron chi connectivity index (χ1n) is 9.68. The van der Waals surface area contributed by atoms with E-state index in [4.69, 9.17) is 4.74 Å². The van der Waals surface area contributed by atoms with Crippen molar-refractivity contribution in [2.75, 3.05) is 18.6 Å². The number of amides is 2. The van der Waals surface area contributed by atoms with Gasteiger partial charge in [0.2, 0.25) is 5.91 Å². The van der Waals surface area contributed by atoms with E-state index in [1.807, 2.05) is 12.1 Å². The molecule has 2 amide bonds. The van der Waals surface area contributed by atoms with Gasteiger partial charge in [-0.25, -0.2) is 4.79 Å². The van der Waals surface area contributed by atoms with E-state index >= 15 is 0 Å². The van der Waals surface area contributed by atoms with Crippen LogP contribution < -0.4 is 10.2 Å². The molecule has 8 heteroatoms. The van der Waals surface area contributed by atoms with Crippen molar-refractivity contribution in [3.8, 4) is 6.07 Å². The average molecular weight is 436 g/mol. The maximum Gasteiger partial charge on any atom is 0.338 e. The van der Waals surface area contributed by atoms with Crippen molar-refractivity contribution in [3.63, 3.8) is 0 Å². The Kier molecular flexibility index (Phi) is 7.11. The molecule has 158 valence electrons. The second-order valence-corrected chi connectivity index (χ2v) is 7.80. The number of ether oxygens (including phenoxy) is 1.